The third-order valence-corrected chi connectivity index (χ3v) is 5.17. The second-order valence-corrected chi connectivity index (χ2v) is 7.09. The van der Waals surface area contributed by atoms with Crippen LogP contribution in [0.25, 0.3) is 0 Å². The highest BCUT2D eigenvalue weighted by atomic mass is 32.2. The number of hydrogen-bond donors (Lipinski definition) is 3. The van der Waals surface area contributed by atoms with Crippen molar-refractivity contribution in [1.82, 2.24) is 4.72 Å². The van der Waals surface area contributed by atoms with E-state index in [1.165, 1.54) is 11.8 Å². The zero-order valence-electron chi connectivity index (χ0n) is 10.7. The predicted molar refractivity (Wildman–Crippen MR) is 79.7 cm³/mol. The van der Waals surface area contributed by atoms with E-state index in [9.17, 15) is 8.42 Å². The first-order valence-corrected chi connectivity index (χ1v) is 8.74. The van der Waals surface area contributed by atoms with Crippen molar-refractivity contribution >= 4 is 27.5 Å². The van der Waals surface area contributed by atoms with E-state index in [1.807, 2.05) is 18.2 Å². The molecule has 4 N–H and O–H groups in total. The normalized spacial score (nSPS) is 11.6. The topological polar surface area (TPSA) is 92.4 Å². The van der Waals surface area contributed by atoms with Gasteiger partial charge in [0.25, 0.3) is 0 Å². The van der Waals surface area contributed by atoms with E-state index in [0.29, 0.717) is 30.8 Å². The molecule has 0 saturated heterocycles. The summed E-state index contributed by atoms with van der Waals surface area (Å²) in [6.45, 7) is 0.464. The number of hydrogen-bond acceptors (Lipinski definition) is 5. The van der Waals surface area contributed by atoms with E-state index in [-0.39, 0.29) is 12.4 Å². The SMILES string of the molecule is Nc1ccccc1SCCS(=O)(=O)NCCCCO. The van der Waals surface area contributed by atoms with Crippen molar-refractivity contribution in [3.8, 4) is 0 Å². The fraction of sp³-hybridized carbons (Fsp3) is 0.500. The van der Waals surface area contributed by atoms with Crippen LogP contribution in [0.2, 0.25) is 0 Å². The Hall–Kier alpha value is -0.760. The number of nitrogens with one attached hydrogen (secondary N) is 1. The molecule has 0 unspecified atom stereocenters. The van der Waals surface area contributed by atoms with Gasteiger partial charge in [0.15, 0.2) is 0 Å². The molecule has 7 heteroatoms. The Morgan fingerprint density at radius 3 is 2.68 bits per heavy atom. The predicted octanol–water partition coefficient (Wildman–Crippen LogP) is 1.05. The number of nitrogen functional groups attached to an aromatic ring is 1. The van der Waals surface area contributed by atoms with Crippen molar-refractivity contribution in [3.63, 3.8) is 0 Å². The Bertz CT molecular complexity index is 478. The minimum absolute atomic E-state index is 0.0606. The molecule has 0 heterocycles. The number of benzene rings is 1. The lowest BCUT2D eigenvalue weighted by Gasteiger charge is -2.07. The molecular formula is C12H20N2O3S2. The second-order valence-electron chi connectivity index (χ2n) is 4.03. The number of thioether (sulfide) groups is 1. The van der Waals surface area contributed by atoms with Gasteiger partial charge in [0.2, 0.25) is 10.0 Å². The van der Waals surface area contributed by atoms with Crippen molar-refractivity contribution in [2.24, 2.45) is 0 Å². The van der Waals surface area contributed by atoms with Crippen LogP contribution in [-0.4, -0.2) is 38.2 Å². The van der Waals surface area contributed by atoms with Crippen molar-refractivity contribution in [2.45, 2.75) is 17.7 Å². The molecule has 0 aliphatic heterocycles. The van der Waals surface area contributed by atoms with E-state index in [4.69, 9.17) is 10.8 Å². The molecule has 0 radical (unpaired) electrons. The maximum Gasteiger partial charge on any atom is 0.212 e. The largest absolute Gasteiger partial charge is 0.398 e. The number of aliphatic hydroxyl groups is 1. The number of para-hydroxylation sites is 1. The quantitative estimate of drug-likeness (QED) is 0.360. The highest BCUT2D eigenvalue weighted by Crippen LogP contribution is 2.24. The average molecular weight is 304 g/mol. The Labute approximate surface area is 118 Å². The zero-order valence-corrected chi connectivity index (χ0v) is 12.3. The lowest BCUT2D eigenvalue weighted by atomic mass is 10.3. The first-order valence-electron chi connectivity index (χ1n) is 6.10. The van der Waals surface area contributed by atoms with Gasteiger partial charge in [-0.3, -0.25) is 0 Å². The molecule has 0 saturated carbocycles. The molecule has 5 nitrogen and oxygen atoms in total. The molecule has 108 valence electrons. The second kappa shape index (κ2) is 8.42. The summed E-state index contributed by atoms with van der Waals surface area (Å²) in [5, 5.41) is 8.60. The van der Waals surface area contributed by atoms with Crippen LogP contribution in [0.3, 0.4) is 0 Å². The smallest absolute Gasteiger partial charge is 0.212 e. The average Bonchev–Trinajstić information content (AvgIpc) is 2.37. The number of sulfonamides is 1. The van der Waals surface area contributed by atoms with E-state index in [0.717, 1.165) is 4.90 Å². The summed E-state index contributed by atoms with van der Waals surface area (Å²) in [4.78, 5) is 0.901. The number of rotatable bonds is 9. The van der Waals surface area contributed by atoms with Crippen LogP contribution in [0.1, 0.15) is 12.8 Å². The summed E-state index contributed by atoms with van der Waals surface area (Å²) in [6.07, 6.45) is 1.26. The molecule has 1 aromatic rings. The minimum atomic E-state index is -3.24. The monoisotopic (exact) mass is 304 g/mol. The summed E-state index contributed by atoms with van der Waals surface area (Å²) in [6, 6.07) is 7.39. The van der Waals surface area contributed by atoms with Gasteiger partial charge < -0.3 is 10.8 Å². The summed E-state index contributed by atoms with van der Waals surface area (Å²) in [5.74, 6) is 0.522. The molecule has 0 spiro atoms. The number of unbranched alkanes of at least 4 members (excludes halogenated alkanes) is 1. The van der Waals surface area contributed by atoms with Crippen LogP contribution in [0.15, 0.2) is 29.2 Å². The standard InChI is InChI=1S/C12H20N2O3S2/c13-11-5-1-2-6-12(11)18-9-10-19(16,17)14-7-3-4-8-15/h1-2,5-6,14-15H,3-4,7-10,13H2. The summed E-state index contributed by atoms with van der Waals surface area (Å²) in [7, 11) is -3.24. The molecule has 1 aromatic carbocycles. The summed E-state index contributed by atoms with van der Waals surface area (Å²) >= 11 is 1.43. The van der Waals surface area contributed by atoms with Gasteiger partial charge in [-0.05, 0) is 25.0 Å². The van der Waals surface area contributed by atoms with Crippen LogP contribution >= 0.6 is 11.8 Å². The van der Waals surface area contributed by atoms with Crippen LogP contribution in [0.4, 0.5) is 5.69 Å². The molecule has 1 rings (SSSR count). The summed E-state index contributed by atoms with van der Waals surface area (Å²) in [5.41, 5.74) is 6.44. The van der Waals surface area contributed by atoms with Gasteiger partial charge in [-0.1, -0.05) is 12.1 Å². The van der Waals surface area contributed by atoms with Gasteiger partial charge in [0.05, 0.1) is 5.75 Å². The lowest BCUT2D eigenvalue weighted by Crippen LogP contribution is -2.28. The molecule has 0 fully saturated rings. The van der Waals surface area contributed by atoms with Crippen LogP contribution in [0.5, 0.6) is 0 Å². The lowest BCUT2D eigenvalue weighted by molar-refractivity contribution is 0.285. The Morgan fingerprint density at radius 1 is 1.26 bits per heavy atom. The molecule has 0 bridgehead atoms. The van der Waals surface area contributed by atoms with Crippen LogP contribution in [-0.2, 0) is 10.0 Å². The fourth-order valence-corrected chi connectivity index (χ4v) is 3.85. The molecule has 19 heavy (non-hydrogen) atoms. The van der Waals surface area contributed by atoms with Gasteiger partial charge in [-0.15, -0.1) is 11.8 Å². The van der Waals surface area contributed by atoms with Gasteiger partial charge >= 0.3 is 0 Å². The molecule has 0 atom stereocenters. The maximum atomic E-state index is 11.7. The number of nitrogens with two attached hydrogens (primary N) is 1. The van der Waals surface area contributed by atoms with Gasteiger partial charge in [0, 0.05) is 29.5 Å². The molecule has 0 aromatic heterocycles. The van der Waals surface area contributed by atoms with Crippen molar-refractivity contribution < 1.29 is 13.5 Å². The van der Waals surface area contributed by atoms with E-state index >= 15 is 0 Å². The van der Waals surface area contributed by atoms with Crippen molar-refractivity contribution in [2.75, 3.05) is 30.4 Å². The summed E-state index contributed by atoms with van der Waals surface area (Å²) < 4.78 is 25.8. The molecular weight excluding hydrogens is 284 g/mol. The highest BCUT2D eigenvalue weighted by Gasteiger charge is 2.09. The van der Waals surface area contributed by atoms with E-state index < -0.39 is 10.0 Å². The Balaban J connectivity index is 2.30. The molecule has 0 aliphatic rings. The Kier molecular flexibility index (Phi) is 7.22. The van der Waals surface area contributed by atoms with Gasteiger partial charge in [-0.25, -0.2) is 13.1 Å². The number of anilines is 1. The maximum absolute atomic E-state index is 11.7. The first kappa shape index (κ1) is 16.3. The van der Waals surface area contributed by atoms with E-state index in [2.05, 4.69) is 4.72 Å². The first-order chi connectivity index (χ1) is 9.05. The highest BCUT2D eigenvalue weighted by molar-refractivity contribution is 8.00. The Morgan fingerprint density at radius 2 is 2.00 bits per heavy atom. The van der Waals surface area contributed by atoms with Crippen molar-refractivity contribution in [1.29, 1.82) is 0 Å². The fourth-order valence-electron chi connectivity index (χ4n) is 1.41. The van der Waals surface area contributed by atoms with Gasteiger partial charge in [-0.2, -0.15) is 0 Å². The molecule has 0 amide bonds. The van der Waals surface area contributed by atoms with Crippen molar-refractivity contribution in [3.05, 3.63) is 24.3 Å². The number of aliphatic hydroxyl groups excluding tert-OH is 1. The van der Waals surface area contributed by atoms with Crippen LogP contribution < -0.4 is 10.5 Å². The van der Waals surface area contributed by atoms with E-state index in [1.54, 1.807) is 6.07 Å². The zero-order chi connectivity index (χ0) is 14.1. The minimum Gasteiger partial charge on any atom is -0.398 e. The third kappa shape index (κ3) is 6.81. The molecule has 0 aliphatic carbocycles. The van der Waals surface area contributed by atoms with Crippen LogP contribution in [0, 0.1) is 0 Å². The third-order valence-electron chi connectivity index (χ3n) is 2.44. The van der Waals surface area contributed by atoms with Gasteiger partial charge in [0.1, 0.15) is 0 Å².